The first-order chi connectivity index (χ1) is 15.9. The SMILES string of the molecule is O=C(NC1CCN(Cc2cccc(C(F)(F)F)c2)CC1)c1ccccc1SCC1CCCO1. The molecule has 4 rings (SSSR count). The molecule has 178 valence electrons. The lowest BCUT2D eigenvalue weighted by atomic mass is 10.0. The summed E-state index contributed by atoms with van der Waals surface area (Å²) in [5.74, 6) is 0.778. The van der Waals surface area contributed by atoms with Gasteiger partial charge >= 0.3 is 6.18 Å². The number of ether oxygens (including phenoxy) is 1. The van der Waals surface area contributed by atoms with E-state index in [9.17, 15) is 18.0 Å². The smallest absolute Gasteiger partial charge is 0.377 e. The maximum atomic E-state index is 13.0. The quantitative estimate of drug-likeness (QED) is 0.543. The van der Waals surface area contributed by atoms with E-state index >= 15 is 0 Å². The van der Waals surface area contributed by atoms with E-state index in [0.29, 0.717) is 17.7 Å². The van der Waals surface area contributed by atoms with Crippen molar-refractivity contribution < 1.29 is 22.7 Å². The van der Waals surface area contributed by atoms with E-state index in [4.69, 9.17) is 4.74 Å². The number of hydrogen-bond acceptors (Lipinski definition) is 4. The van der Waals surface area contributed by atoms with E-state index in [-0.39, 0.29) is 18.1 Å². The average Bonchev–Trinajstić information content (AvgIpc) is 3.32. The lowest BCUT2D eigenvalue weighted by Crippen LogP contribution is -2.44. The van der Waals surface area contributed by atoms with Crippen molar-refractivity contribution in [3.05, 3.63) is 65.2 Å². The Morgan fingerprint density at radius 2 is 1.88 bits per heavy atom. The number of benzene rings is 2. The van der Waals surface area contributed by atoms with Crippen LogP contribution in [0.1, 0.15) is 47.2 Å². The van der Waals surface area contributed by atoms with Crippen LogP contribution in [0.3, 0.4) is 0 Å². The third-order valence-corrected chi connectivity index (χ3v) is 7.37. The molecule has 4 nitrogen and oxygen atoms in total. The molecule has 1 amide bonds. The molecule has 2 aliphatic heterocycles. The summed E-state index contributed by atoms with van der Waals surface area (Å²) in [6, 6.07) is 13.2. The number of hydrogen-bond donors (Lipinski definition) is 1. The second-order valence-corrected chi connectivity index (χ2v) is 9.73. The number of nitrogens with one attached hydrogen (secondary N) is 1. The molecule has 2 heterocycles. The van der Waals surface area contributed by atoms with E-state index < -0.39 is 11.7 Å². The van der Waals surface area contributed by atoms with Gasteiger partial charge in [-0.15, -0.1) is 11.8 Å². The first-order valence-electron chi connectivity index (χ1n) is 11.4. The zero-order chi connectivity index (χ0) is 23.3. The Morgan fingerprint density at radius 1 is 1.09 bits per heavy atom. The van der Waals surface area contributed by atoms with Gasteiger partial charge in [0.1, 0.15) is 0 Å². The number of amides is 1. The van der Waals surface area contributed by atoms with Gasteiger partial charge in [-0.3, -0.25) is 9.69 Å². The lowest BCUT2D eigenvalue weighted by molar-refractivity contribution is -0.137. The number of halogens is 3. The van der Waals surface area contributed by atoms with Crippen molar-refractivity contribution in [2.24, 2.45) is 0 Å². The summed E-state index contributed by atoms with van der Waals surface area (Å²) in [4.78, 5) is 16.1. The molecule has 2 aliphatic rings. The topological polar surface area (TPSA) is 41.6 Å². The van der Waals surface area contributed by atoms with E-state index in [0.717, 1.165) is 62.1 Å². The van der Waals surface area contributed by atoms with Crippen molar-refractivity contribution in [2.45, 2.75) is 55.4 Å². The van der Waals surface area contributed by atoms with E-state index in [1.807, 2.05) is 24.3 Å². The van der Waals surface area contributed by atoms with Crippen LogP contribution >= 0.6 is 11.8 Å². The van der Waals surface area contributed by atoms with Crippen LogP contribution in [0.5, 0.6) is 0 Å². The Kier molecular flexibility index (Phi) is 7.98. The number of carbonyl (C=O) groups is 1. The Morgan fingerprint density at radius 3 is 2.61 bits per heavy atom. The van der Waals surface area contributed by atoms with Crippen molar-refractivity contribution in [1.82, 2.24) is 10.2 Å². The number of likely N-dealkylation sites (tertiary alicyclic amines) is 1. The van der Waals surface area contributed by atoms with E-state index in [1.54, 1.807) is 17.8 Å². The monoisotopic (exact) mass is 478 g/mol. The van der Waals surface area contributed by atoms with E-state index in [1.165, 1.54) is 12.1 Å². The maximum absolute atomic E-state index is 13.0. The predicted octanol–water partition coefficient (Wildman–Crippen LogP) is 5.37. The Balaban J connectivity index is 1.27. The molecule has 0 aromatic heterocycles. The van der Waals surface area contributed by atoms with Gasteiger partial charge in [0.2, 0.25) is 0 Å². The number of nitrogens with zero attached hydrogens (tertiary/aromatic N) is 1. The Bertz CT molecular complexity index is 939. The highest BCUT2D eigenvalue weighted by molar-refractivity contribution is 7.99. The zero-order valence-corrected chi connectivity index (χ0v) is 19.3. The summed E-state index contributed by atoms with van der Waals surface area (Å²) in [5.41, 5.74) is 0.731. The Hall–Kier alpha value is -2.03. The molecular formula is C25H29F3N2O2S. The fourth-order valence-corrected chi connectivity index (χ4v) is 5.46. The van der Waals surface area contributed by atoms with Crippen molar-refractivity contribution in [3.8, 4) is 0 Å². The molecule has 0 saturated carbocycles. The second kappa shape index (κ2) is 10.9. The highest BCUT2D eigenvalue weighted by Gasteiger charge is 2.30. The normalized spacial score (nSPS) is 20.2. The van der Waals surface area contributed by atoms with Gasteiger partial charge < -0.3 is 10.1 Å². The summed E-state index contributed by atoms with van der Waals surface area (Å²) in [6.07, 6.45) is -0.356. The summed E-state index contributed by atoms with van der Waals surface area (Å²) in [6.45, 7) is 2.76. The van der Waals surface area contributed by atoms with Crippen LogP contribution in [0.2, 0.25) is 0 Å². The molecule has 2 aromatic carbocycles. The summed E-state index contributed by atoms with van der Waals surface area (Å²) in [7, 11) is 0. The number of alkyl halides is 3. The first-order valence-corrected chi connectivity index (χ1v) is 12.4. The minimum absolute atomic E-state index is 0.0616. The molecule has 0 bridgehead atoms. The number of carbonyl (C=O) groups excluding carboxylic acids is 1. The highest BCUT2D eigenvalue weighted by Crippen LogP contribution is 2.30. The van der Waals surface area contributed by atoms with Crippen LogP contribution in [0, 0.1) is 0 Å². The largest absolute Gasteiger partial charge is 0.416 e. The van der Waals surface area contributed by atoms with E-state index in [2.05, 4.69) is 10.2 Å². The lowest BCUT2D eigenvalue weighted by Gasteiger charge is -2.32. The van der Waals surface area contributed by atoms with Crippen molar-refractivity contribution in [1.29, 1.82) is 0 Å². The minimum atomic E-state index is -4.33. The van der Waals surface area contributed by atoms with Crippen LogP contribution in [-0.4, -0.2) is 48.4 Å². The number of rotatable bonds is 7. The fraction of sp³-hybridized carbons (Fsp3) is 0.480. The van der Waals surface area contributed by atoms with Crippen LogP contribution in [0.15, 0.2) is 53.4 Å². The molecule has 0 radical (unpaired) electrons. The van der Waals surface area contributed by atoms with Crippen molar-refractivity contribution in [2.75, 3.05) is 25.4 Å². The molecule has 0 aliphatic carbocycles. The van der Waals surface area contributed by atoms with Crippen molar-refractivity contribution in [3.63, 3.8) is 0 Å². The molecule has 1 unspecified atom stereocenters. The molecule has 2 fully saturated rings. The highest BCUT2D eigenvalue weighted by atomic mass is 32.2. The molecule has 0 spiro atoms. The van der Waals surface area contributed by atoms with Gasteiger partial charge in [0.15, 0.2) is 0 Å². The average molecular weight is 479 g/mol. The first kappa shape index (κ1) is 24.1. The van der Waals surface area contributed by atoms with Gasteiger partial charge in [-0.1, -0.05) is 30.3 Å². The van der Waals surface area contributed by atoms with Gasteiger partial charge in [0.05, 0.1) is 17.2 Å². The van der Waals surface area contributed by atoms with Gasteiger partial charge in [-0.25, -0.2) is 0 Å². The molecule has 33 heavy (non-hydrogen) atoms. The summed E-state index contributed by atoms with van der Waals surface area (Å²) < 4.78 is 44.5. The molecule has 2 saturated heterocycles. The second-order valence-electron chi connectivity index (χ2n) is 8.66. The molecule has 1 atom stereocenters. The third kappa shape index (κ3) is 6.74. The van der Waals surface area contributed by atoms with Gasteiger partial charge in [-0.2, -0.15) is 13.2 Å². The zero-order valence-electron chi connectivity index (χ0n) is 18.4. The van der Waals surface area contributed by atoms with Crippen LogP contribution in [0.4, 0.5) is 13.2 Å². The third-order valence-electron chi connectivity index (χ3n) is 6.16. The van der Waals surface area contributed by atoms with Gasteiger partial charge in [0.25, 0.3) is 5.91 Å². The predicted molar refractivity (Wildman–Crippen MR) is 123 cm³/mol. The maximum Gasteiger partial charge on any atom is 0.416 e. The molecule has 8 heteroatoms. The van der Waals surface area contributed by atoms with Crippen LogP contribution in [0.25, 0.3) is 0 Å². The van der Waals surface area contributed by atoms with Crippen molar-refractivity contribution >= 4 is 17.7 Å². The van der Waals surface area contributed by atoms with Gasteiger partial charge in [-0.05, 0) is 49.4 Å². The molecule has 1 N–H and O–H groups in total. The summed E-state index contributed by atoms with van der Waals surface area (Å²) >= 11 is 1.66. The fourth-order valence-electron chi connectivity index (χ4n) is 4.34. The van der Waals surface area contributed by atoms with Gasteiger partial charge in [0, 0.05) is 42.9 Å². The Labute approximate surface area is 196 Å². The summed E-state index contributed by atoms with van der Waals surface area (Å²) in [5, 5.41) is 3.16. The minimum Gasteiger partial charge on any atom is -0.377 e. The van der Waals surface area contributed by atoms with Crippen LogP contribution < -0.4 is 5.32 Å². The molecular weight excluding hydrogens is 449 g/mol. The number of piperidine rings is 1. The van der Waals surface area contributed by atoms with Crippen LogP contribution in [-0.2, 0) is 17.5 Å². The standard InChI is InChI=1S/C25H29F3N2O2S/c26-25(27,28)19-6-3-5-18(15-19)16-30-12-10-20(11-13-30)29-24(31)22-8-1-2-9-23(22)33-17-21-7-4-14-32-21/h1-3,5-6,8-9,15,20-21H,4,7,10-14,16-17H2,(H,29,31). The molecule has 2 aromatic rings. The number of thioether (sulfide) groups is 1.